The topological polar surface area (TPSA) is 76.4 Å². The minimum Gasteiger partial charge on any atom is -0.395 e. The molecule has 2 amide bonds. The summed E-state index contributed by atoms with van der Waals surface area (Å²) in [6, 6.07) is 8.90. The van der Waals surface area contributed by atoms with Crippen LogP contribution in [0.2, 0.25) is 0 Å². The molecule has 0 aliphatic heterocycles. The molecule has 0 aromatic heterocycles. The number of hydrogen-bond acceptors (Lipinski definition) is 3. The molecule has 5 heteroatoms. The zero-order valence-electron chi connectivity index (χ0n) is 12.7. The number of nitrogens with zero attached hydrogens (tertiary/aromatic N) is 2. The average molecular weight is 289 g/mol. The Balaban J connectivity index is 2.63. The van der Waals surface area contributed by atoms with Crippen LogP contribution in [0, 0.1) is 11.3 Å². The molecule has 0 fully saturated rings. The van der Waals surface area contributed by atoms with Gasteiger partial charge in [0.1, 0.15) is 0 Å². The Morgan fingerprint density at radius 2 is 2.05 bits per heavy atom. The maximum atomic E-state index is 12.2. The van der Waals surface area contributed by atoms with Crippen molar-refractivity contribution in [3.63, 3.8) is 0 Å². The molecule has 0 heterocycles. The van der Waals surface area contributed by atoms with Crippen molar-refractivity contribution in [3.8, 4) is 6.07 Å². The van der Waals surface area contributed by atoms with E-state index >= 15 is 0 Å². The maximum Gasteiger partial charge on any atom is 0.317 e. The fourth-order valence-electron chi connectivity index (χ4n) is 1.99. The number of rotatable bonds is 7. The van der Waals surface area contributed by atoms with E-state index in [1.807, 2.05) is 19.1 Å². The van der Waals surface area contributed by atoms with E-state index in [1.54, 1.807) is 17.0 Å². The number of nitrogens with one attached hydrogen (secondary N) is 1. The summed E-state index contributed by atoms with van der Waals surface area (Å²) in [5.41, 5.74) is 1.55. The number of nitriles is 1. The van der Waals surface area contributed by atoms with Gasteiger partial charge in [-0.1, -0.05) is 25.5 Å². The van der Waals surface area contributed by atoms with E-state index in [0.717, 1.165) is 18.4 Å². The predicted octanol–water partition coefficient (Wildman–Crippen LogP) is 2.42. The van der Waals surface area contributed by atoms with E-state index in [2.05, 4.69) is 18.3 Å². The number of aliphatic hydroxyl groups excluding tert-OH is 1. The Hall–Kier alpha value is -2.06. The lowest BCUT2D eigenvalue weighted by Gasteiger charge is -2.24. The molecule has 114 valence electrons. The summed E-state index contributed by atoms with van der Waals surface area (Å²) in [6.45, 7) is 4.90. The normalized spacial score (nSPS) is 11.5. The van der Waals surface area contributed by atoms with Crippen LogP contribution in [-0.4, -0.2) is 35.7 Å². The van der Waals surface area contributed by atoms with E-state index in [1.165, 1.54) is 0 Å². The summed E-state index contributed by atoms with van der Waals surface area (Å²) in [7, 11) is 0. The zero-order chi connectivity index (χ0) is 15.7. The maximum absolute atomic E-state index is 12.2. The molecule has 0 aliphatic carbocycles. The predicted molar refractivity (Wildman–Crippen MR) is 81.7 cm³/mol. The first-order valence-corrected chi connectivity index (χ1v) is 7.28. The Labute approximate surface area is 126 Å². The number of aliphatic hydroxyl groups is 1. The fourth-order valence-corrected chi connectivity index (χ4v) is 1.99. The molecule has 0 bridgehead atoms. The molecule has 0 radical (unpaired) electrons. The highest BCUT2D eigenvalue weighted by molar-refractivity contribution is 5.74. The van der Waals surface area contributed by atoms with E-state index in [9.17, 15) is 4.79 Å². The van der Waals surface area contributed by atoms with Crippen LogP contribution in [0.1, 0.15) is 43.9 Å². The molecule has 0 saturated heterocycles. The smallest absolute Gasteiger partial charge is 0.317 e. The number of carbonyl (C=O) groups excluding carboxylic acids is 1. The summed E-state index contributed by atoms with van der Waals surface area (Å²) >= 11 is 0. The van der Waals surface area contributed by atoms with Gasteiger partial charge in [0.2, 0.25) is 0 Å². The third kappa shape index (κ3) is 5.44. The van der Waals surface area contributed by atoms with E-state index in [0.29, 0.717) is 18.7 Å². The quantitative estimate of drug-likeness (QED) is 0.809. The van der Waals surface area contributed by atoms with E-state index in [-0.39, 0.29) is 18.7 Å². The van der Waals surface area contributed by atoms with Gasteiger partial charge in [0.15, 0.2) is 0 Å². The van der Waals surface area contributed by atoms with Crippen molar-refractivity contribution in [2.75, 3.05) is 19.7 Å². The van der Waals surface area contributed by atoms with Gasteiger partial charge in [-0.2, -0.15) is 5.26 Å². The molecular weight excluding hydrogens is 266 g/mol. The molecule has 21 heavy (non-hydrogen) atoms. The van der Waals surface area contributed by atoms with E-state index < -0.39 is 0 Å². The van der Waals surface area contributed by atoms with Gasteiger partial charge in [-0.15, -0.1) is 0 Å². The average Bonchev–Trinajstić information content (AvgIpc) is 2.51. The number of carbonyl (C=O) groups is 1. The van der Waals surface area contributed by atoms with Gasteiger partial charge < -0.3 is 15.3 Å². The molecule has 0 saturated carbocycles. The summed E-state index contributed by atoms with van der Waals surface area (Å²) in [5.74, 6) is 0. The number of amides is 2. The van der Waals surface area contributed by atoms with Crippen molar-refractivity contribution >= 4 is 6.03 Å². The van der Waals surface area contributed by atoms with E-state index in [4.69, 9.17) is 10.4 Å². The number of hydrogen-bond donors (Lipinski definition) is 2. The third-order valence-corrected chi connectivity index (χ3v) is 3.32. The molecular formula is C16H23N3O2. The first kappa shape index (κ1) is 17.0. The van der Waals surface area contributed by atoms with Crippen molar-refractivity contribution in [1.29, 1.82) is 5.26 Å². The molecule has 0 spiro atoms. The monoisotopic (exact) mass is 289 g/mol. The molecule has 1 rings (SSSR count). The number of benzene rings is 1. The highest BCUT2D eigenvalue weighted by Gasteiger charge is 2.15. The second kappa shape index (κ2) is 8.98. The molecule has 1 aromatic carbocycles. The van der Waals surface area contributed by atoms with Gasteiger partial charge in [-0.3, -0.25) is 0 Å². The van der Waals surface area contributed by atoms with Crippen molar-refractivity contribution in [3.05, 3.63) is 35.4 Å². The van der Waals surface area contributed by atoms with Crippen molar-refractivity contribution in [2.24, 2.45) is 0 Å². The summed E-state index contributed by atoms with van der Waals surface area (Å²) < 4.78 is 0. The third-order valence-electron chi connectivity index (χ3n) is 3.32. The molecule has 1 atom stereocenters. The van der Waals surface area contributed by atoms with Crippen LogP contribution in [0.25, 0.3) is 0 Å². The SMILES string of the molecule is CCCCN(CCO)C(=O)NC(C)c1ccc(C#N)cc1. The van der Waals surface area contributed by atoms with Crippen LogP contribution >= 0.6 is 0 Å². The van der Waals surface area contributed by atoms with Crippen LogP contribution in [0.5, 0.6) is 0 Å². The summed E-state index contributed by atoms with van der Waals surface area (Å²) in [6.07, 6.45) is 1.92. The van der Waals surface area contributed by atoms with Gasteiger partial charge in [-0.05, 0) is 31.0 Å². The van der Waals surface area contributed by atoms with Gasteiger partial charge in [0.25, 0.3) is 0 Å². The standard InChI is InChI=1S/C16H23N3O2/c1-3-4-9-19(10-11-20)16(21)18-13(2)15-7-5-14(12-17)6-8-15/h5-8,13,20H,3-4,9-11H2,1-2H3,(H,18,21). The number of urea groups is 1. The summed E-state index contributed by atoms with van der Waals surface area (Å²) in [5, 5.41) is 20.7. The van der Waals surface area contributed by atoms with Crippen molar-refractivity contribution in [2.45, 2.75) is 32.7 Å². The lowest BCUT2D eigenvalue weighted by Crippen LogP contribution is -2.42. The second-order valence-electron chi connectivity index (χ2n) is 4.97. The minimum absolute atomic E-state index is 0.0393. The minimum atomic E-state index is -0.172. The van der Waals surface area contributed by atoms with Crippen molar-refractivity contribution in [1.82, 2.24) is 10.2 Å². The molecule has 1 unspecified atom stereocenters. The lowest BCUT2D eigenvalue weighted by molar-refractivity contribution is 0.173. The second-order valence-corrected chi connectivity index (χ2v) is 4.97. The fraction of sp³-hybridized carbons (Fsp3) is 0.500. The Kier molecular flexibility index (Phi) is 7.27. The molecule has 2 N–H and O–H groups in total. The van der Waals surface area contributed by atoms with Crippen molar-refractivity contribution < 1.29 is 9.90 Å². The molecule has 1 aromatic rings. The first-order valence-electron chi connectivity index (χ1n) is 7.28. The van der Waals surface area contributed by atoms with Crippen LogP contribution in [0.3, 0.4) is 0 Å². The molecule has 5 nitrogen and oxygen atoms in total. The van der Waals surface area contributed by atoms with Crippen LogP contribution in [0.4, 0.5) is 4.79 Å². The Morgan fingerprint density at radius 1 is 1.38 bits per heavy atom. The first-order chi connectivity index (χ1) is 10.1. The zero-order valence-corrected chi connectivity index (χ0v) is 12.7. The Morgan fingerprint density at radius 3 is 2.57 bits per heavy atom. The Bertz CT molecular complexity index is 479. The highest BCUT2D eigenvalue weighted by Crippen LogP contribution is 2.13. The van der Waals surface area contributed by atoms with Crippen LogP contribution < -0.4 is 5.32 Å². The van der Waals surface area contributed by atoms with Gasteiger partial charge >= 0.3 is 6.03 Å². The summed E-state index contributed by atoms with van der Waals surface area (Å²) in [4.78, 5) is 13.8. The lowest BCUT2D eigenvalue weighted by atomic mass is 10.1. The van der Waals surface area contributed by atoms with Crippen LogP contribution in [-0.2, 0) is 0 Å². The number of unbranched alkanes of at least 4 members (excludes halogenated alkanes) is 1. The van der Waals surface area contributed by atoms with Gasteiger partial charge in [-0.25, -0.2) is 4.79 Å². The van der Waals surface area contributed by atoms with Gasteiger partial charge in [0, 0.05) is 13.1 Å². The molecule has 0 aliphatic rings. The highest BCUT2D eigenvalue weighted by atomic mass is 16.3. The van der Waals surface area contributed by atoms with Crippen LogP contribution in [0.15, 0.2) is 24.3 Å². The van der Waals surface area contributed by atoms with Gasteiger partial charge in [0.05, 0.1) is 24.3 Å². The largest absolute Gasteiger partial charge is 0.395 e.